The largest absolute Gasteiger partial charge is 0.344 e. The van der Waals surface area contributed by atoms with E-state index in [0.29, 0.717) is 10.9 Å². The summed E-state index contributed by atoms with van der Waals surface area (Å²) in [4.78, 5) is 11.4. The lowest BCUT2D eigenvalue weighted by atomic mass is 10.5. The third-order valence-corrected chi connectivity index (χ3v) is 3.56. The molecule has 1 fully saturated rings. The fraction of sp³-hybridized carbons (Fsp3) is 0.625. The molecule has 1 N–H and O–H groups in total. The minimum Gasteiger partial charge on any atom is -0.267 e. The van der Waals surface area contributed by atoms with E-state index in [9.17, 15) is 4.79 Å². The van der Waals surface area contributed by atoms with Gasteiger partial charge in [0.25, 0.3) is 0 Å². The van der Waals surface area contributed by atoms with Crippen molar-refractivity contribution in [2.45, 2.75) is 29.4 Å². The van der Waals surface area contributed by atoms with Crippen molar-refractivity contribution < 1.29 is 0 Å². The summed E-state index contributed by atoms with van der Waals surface area (Å²) >= 11 is 7.00. The van der Waals surface area contributed by atoms with Gasteiger partial charge in [-0.05, 0) is 12.8 Å². The molecule has 0 bridgehead atoms. The summed E-state index contributed by atoms with van der Waals surface area (Å²) in [6.07, 6.45) is 2.05. The maximum absolute atomic E-state index is 11.4. The summed E-state index contributed by atoms with van der Waals surface area (Å²) < 4.78 is 1.64. The van der Waals surface area contributed by atoms with Gasteiger partial charge < -0.3 is 0 Å². The fourth-order valence-corrected chi connectivity index (χ4v) is 2.27. The van der Waals surface area contributed by atoms with Crippen molar-refractivity contribution in [3.05, 3.63) is 10.5 Å². The van der Waals surface area contributed by atoms with Crippen LogP contribution in [0.2, 0.25) is 0 Å². The number of hydrogen-bond acceptors (Lipinski definition) is 4. The van der Waals surface area contributed by atoms with E-state index >= 15 is 0 Å². The number of nitriles is 1. The van der Waals surface area contributed by atoms with Crippen LogP contribution in [0, 0.1) is 11.3 Å². The van der Waals surface area contributed by atoms with Gasteiger partial charge in [-0.2, -0.15) is 5.26 Å². The molecule has 15 heavy (non-hydrogen) atoms. The fourth-order valence-electron chi connectivity index (χ4n) is 1.23. The van der Waals surface area contributed by atoms with Crippen LogP contribution >= 0.6 is 23.4 Å². The van der Waals surface area contributed by atoms with Gasteiger partial charge in [0.2, 0.25) is 0 Å². The van der Waals surface area contributed by atoms with Gasteiger partial charge >= 0.3 is 5.69 Å². The van der Waals surface area contributed by atoms with Gasteiger partial charge in [0.1, 0.15) is 5.38 Å². The predicted molar refractivity (Wildman–Crippen MR) is 57.1 cm³/mol. The van der Waals surface area contributed by atoms with E-state index in [1.807, 2.05) is 6.07 Å². The first-order chi connectivity index (χ1) is 7.22. The lowest BCUT2D eigenvalue weighted by Crippen LogP contribution is -2.16. The van der Waals surface area contributed by atoms with Crippen LogP contribution in [0.1, 0.15) is 18.9 Å². The lowest BCUT2D eigenvalue weighted by Gasteiger charge is -2.02. The van der Waals surface area contributed by atoms with Crippen molar-refractivity contribution in [2.24, 2.45) is 0 Å². The van der Waals surface area contributed by atoms with Crippen LogP contribution in [0.5, 0.6) is 0 Å². The van der Waals surface area contributed by atoms with E-state index in [4.69, 9.17) is 16.9 Å². The average Bonchev–Trinajstić information content (AvgIpc) is 3.00. The van der Waals surface area contributed by atoms with Crippen LogP contribution < -0.4 is 5.69 Å². The molecule has 1 atom stereocenters. The Morgan fingerprint density at radius 1 is 1.80 bits per heavy atom. The number of nitrogens with zero attached hydrogens (tertiary/aromatic N) is 3. The molecule has 80 valence electrons. The Hall–Kier alpha value is -0.930. The van der Waals surface area contributed by atoms with Crippen molar-refractivity contribution in [1.29, 1.82) is 5.26 Å². The molecule has 0 radical (unpaired) electrons. The molecular weight excluding hydrogens is 236 g/mol. The van der Waals surface area contributed by atoms with Gasteiger partial charge in [-0.3, -0.25) is 4.57 Å². The second kappa shape index (κ2) is 4.29. The monoisotopic (exact) mass is 244 g/mol. The summed E-state index contributed by atoms with van der Waals surface area (Å²) in [5.74, 6) is 0.440. The van der Waals surface area contributed by atoms with Crippen molar-refractivity contribution in [1.82, 2.24) is 14.8 Å². The molecule has 0 spiro atoms. The van der Waals surface area contributed by atoms with Crippen molar-refractivity contribution >= 4 is 23.4 Å². The van der Waals surface area contributed by atoms with Gasteiger partial charge in [-0.1, -0.05) is 11.8 Å². The zero-order valence-electron chi connectivity index (χ0n) is 7.81. The molecule has 0 saturated heterocycles. The second-order valence-corrected chi connectivity index (χ2v) is 4.83. The molecule has 0 aliphatic heterocycles. The van der Waals surface area contributed by atoms with Gasteiger partial charge in [-0.15, -0.1) is 16.7 Å². The molecule has 5 nitrogen and oxygen atoms in total. The van der Waals surface area contributed by atoms with Gasteiger partial charge in [-0.25, -0.2) is 9.89 Å². The first-order valence-corrected chi connectivity index (χ1v) is 5.98. The van der Waals surface area contributed by atoms with E-state index in [-0.39, 0.29) is 11.7 Å². The molecule has 1 aliphatic rings. The number of halogens is 1. The predicted octanol–water partition coefficient (Wildman–Crippen LogP) is 1.13. The summed E-state index contributed by atoms with van der Waals surface area (Å²) in [6, 6.07) is 2.21. The molecule has 1 heterocycles. The first kappa shape index (κ1) is 10.6. The highest BCUT2D eigenvalue weighted by Crippen LogP contribution is 2.36. The van der Waals surface area contributed by atoms with Crippen LogP contribution in [-0.2, 0) is 0 Å². The quantitative estimate of drug-likeness (QED) is 0.637. The van der Waals surface area contributed by atoms with E-state index in [0.717, 1.165) is 12.8 Å². The van der Waals surface area contributed by atoms with E-state index in [1.165, 1.54) is 11.8 Å². The highest BCUT2D eigenvalue weighted by Gasteiger charge is 2.28. The number of nitrogens with one attached hydrogen (secondary N) is 1. The second-order valence-electron chi connectivity index (χ2n) is 3.32. The topological polar surface area (TPSA) is 74.5 Å². The standard InChI is InChI=1S/C8H9ClN4OS/c9-5(3-10)4-15-8-12-11-7(14)13(8)6-1-2-6/h5-6H,1-2,4H2,(H,11,14). The number of alkyl halides is 1. The molecule has 0 aromatic carbocycles. The number of aromatic amines is 1. The normalized spacial score (nSPS) is 17.3. The summed E-state index contributed by atoms with van der Waals surface area (Å²) in [5.41, 5.74) is -0.178. The minimum atomic E-state index is -0.547. The third-order valence-electron chi connectivity index (χ3n) is 2.08. The van der Waals surface area contributed by atoms with Crippen molar-refractivity contribution in [2.75, 3.05) is 5.75 Å². The molecule has 1 aromatic rings. The van der Waals surface area contributed by atoms with Gasteiger partial charge in [0.15, 0.2) is 5.16 Å². The minimum absolute atomic E-state index is 0.178. The number of hydrogen-bond donors (Lipinski definition) is 1. The Labute approximate surface area is 95.4 Å². The van der Waals surface area contributed by atoms with Crippen LogP contribution in [0.15, 0.2) is 9.95 Å². The molecule has 1 aliphatic carbocycles. The molecule has 1 saturated carbocycles. The van der Waals surface area contributed by atoms with Crippen LogP contribution in [0.3, 0.4) is 0 Å². The summed E-state index contributed by atoms with van der Waals surface area (Å²) in [7, 11) is 0. The van der Waals surface area contributed by atoms with Gasteiger partial charge in [0.05, 0.1) is 6.07 Å². The molecule has 7 heteroatoms. The Morgan fingerprint density at radius 3 is 3.13 bits per heavy atom. The molecule has 1 aromatic heterocycles. The number of H-pyrrole nitrogens is 1. The van der Waals surface area contributed by atoms with E-state index < -0.39 is 5.38 Å². The first-order valence-electron chi connectivity index (χ1n) is 4.55. The zero-order valence-corrected chi connectivity index (χ0v) is 9.38. The molecule has 1 unspecified atom stereocenters. The Kier molecular flexibility index (Phi) is 3.03. The number of thioether (sulfide) groups is 1. The summed E-state index contributed by atoms with van der Waals surface area (Å²) in [6.45, 7) is 0. The van der Waals surface area contributed by atoms with Crippen LogP contribution in [-0.4, -0.2) is 25.9 Å². The summed E-state index contributed by atoms with van der Waals surface area (Å²) in [5, 5.41) is 14.9. The lowest BCUT2D eigenvalue weighted by molar-refractivity contribution is 0.642. The zero-order chi connectivity index (χ0) is 10.8. The smallest absolute Gasteiger partial charge is 0.267 e. The maximum atomic E-state index is 11.4. The molecule has 2 rings (SSSR count). The van der Waals surface area contributed by atoms with E-state index in [2.05, 4.69) is 10.2 Å². The maximum Gasteiger partial charge on any atom is 0.344 e. The molecule has 0 amide bonds. The Balaban J connectivity index is 2.08. The molecular formula is C8H9ClN4OS. The highest BCUT2D eigenvalue weighted by molar-refractivity contribution is 7.99. The van der Waals surface area contributed by atoms with Crippen molar-refractivity contribution in [3.63, 3.8) is 0 Å². The van der Waals surface area contributed by atoms with Crippen LogP contribution in [0.25, 0.3) is 0 Å². The Bertz CT molecular complexity index is 444. The Morgan fingerprint density at radius 2 is 2.53 bits per heavy atom. The van der Waals surface area contributed by atoms with Gasteiger partial charge in [0, 0.05) is 11.8 Å². The number of aromatic nitrogens is 3. The van der Waals surface area contributed by atoms with Crippen LogP contribution in [0.4, 0.5) is 0 Å². The third kappa shape index (κ3) is 2.36. The average molecular weight is 245 g/mol. The van der Waals surface area contributed by atoms with E-state index in [1.54, 1.807) is 4.57 Å². The highest BCUT2D eigenvalue weighted by atomic mass is 35.5. The number of rotatable bonds is 4. The van der Waals surface area contributed by atoms with Crippen molar-refractivity contribution in [3.8, 4) is 6.07 Å². The SMILES string of the molecule is N#CC(Cl)CSc1n[nH]c(=O)n1C1CC1.